The van der Waals surface area contributed by atoms with Crippen molar-refractivity contribution in [2.24, 2.45) is 11.8 Å². The number of hydrogen-bond donors (Lipinski definition) is 0. The Balaban J connectivity index is 1.71. The standard InChI is InChI=1S/C25H13F3O6/c26-14-9-11(10-15(27)21(14)28)18(19-22(29)12-5-1-3-7-16(12)33-24(19)31)20-23(30)13-6-2-4-8-17(13)34-25(20)32/h1-10,18-20H. The molecule has 0 N–H and O–H groups in total. The predicted octanol–water partition coefficient (Wildman–Crippen LogP) is 4.02. The number of carbonyl (C=O) groups is 4. The Morgan fingerprint density at radius 3 is 1.50 bits per heavy atom. The molecule has 0 aliphatic carbocycles. The van der Waals surface area contributed by atoms with Crippen LogP contribution in [0.4, 0.5) is 13.2 Å². The van der Waals surface area contributed by atoms with Crippen LogP contribution in [0.2, 0.25) is 0 Å². The Morgan fingerprint density at radius 1 is 0.647 bits per heavy atom. The summed E-state index contributed by atoms with van der Waals surface area (Å²) in [6.45, 7) is 0. The molecule has 2 aliphatic heterocycles. The van der Waals surface area contributed by atoms with Crippen molar-refractivity contribution in [3.05, 3.63) is 94.8 Å². The van der Waals surface area contributed by atoms with E-state index in [0.717, 1.165) is 0 Å². The third-order valence-electron chi connectivity index (χ3n) is 5.91. The van der Waals surface area contributed by atoms with Gasteiger partial charge in [-0.25, -0.2) is 13.2 Å². The molecule has 5 rings (SSSR count). The van der Waals surface area contributed by atoms with Crippen LogP contribution in [-0.2, 0) is 9.59 Å². The van der Waals surface area contributed by atoms with E-state index in [9.17, 15) is 32.3 Å². The molecule has 0 amide bonds. The Labute approximate surface area is 189 Å². The average Bonchev–Trinajstić information content (AvgIpc) is 2.81. The van der Waals surface area contributed by atoms with Crippen molar-refractivity contribution in [1.29, 1.82) is 0 Å². The molecule has 2 unspecified atom stereocenters. The largest absolute Gasteiger partial charge is 0.425 e. The number of para-hydroxylation sites is 2. The highest BCUT2D eigenvalue weighted by atomic mass is 19.2. The lowest BCUT2D eigenvalue weighted by atomic mass is 9.70. The third kappa shape index (κ3) is 3.28. The van der Waals surface area contributed by atoms with Crippen molar-refractivity contribution in [3.63, 3.8) is 0 Å². The second-order valence-electron chi connectivity index (χ2n) is 7.84. The molecule has 3 aromatic carbocycles. The lowest BCUT2D eigenvalue weighted by Gasteiger charge is -2.34. The maximum Gasteiger partial charge on any atom is 0.322 e. The fourth-order valence-corrected chi connectivity index (χ4v) is 4.38. The minimum Gasteiger partial charge on any atom is -0.425 e. The quantitative estimate of drug-likeness (QED) is 0.251. The van der Waals surface area contributed by atoms with Gasteiger partial charge in [0.25, 0.3) is 0 Å². The van der Waals surface area contributed by atoms with E-state index in [1.165, 1.54) is 48.5 Å². The average molecular weight is 466 g/mol. The molecular weight excluding hydrogens is 453 g/mol. The van der Waals surface area contributed by atoms with Crippen molar-refractivity contribution >= 4 is 23.5 Å². The van der Waals surface area contributed by atoms with Gasteiger partial charge in [0.1, 0.15) is 23.3 Å². The monoisotopic (exact) mass is 466 g/mol. The van der Waals surface area contributed by atoms with Gasteiger partial charge in [-0.05, 0) is 42.0 Å². The number of ketones is 2. The molecule has 0 aromatic heterocycles. The van der Waals surface area contributed by atoms with Crippen molar-refractivity contribution in [2.75, 3.05) is 0 Å². The van der Waals surface area contributed by atoms with Gasteiger partial charge in [0.2, 0.25) is 0 Å². The summed E-state index contributed by atoms with van der Waals surface area (Å²) in [5.74, 6) is -14.4. The van der Waals surface area contributed by atoms with Gasteiger partial charge < -0.3 is 9.47 Å². The Kier molecular flexibility index (Phi) is 5.04. The number of fused-ring (bicyclic) bond motifs is 2. The second-order valence-corrected chi connectivity index (χ2v) is 7.84. The molecule has 3 aromatic rings. The molecule has 0 spiro atoms. The molecule has 9 heteroatoms. The molecule has 170 valence electrons. The summed E-state index contributed by atoms with van der Waals surface area (Å²) < 4.78 is 52.6. The summed E-state index contributed by atoms with van der Waals surface area (Å²) in [6, 6.07) is 12.7. The molecule has 2 atom stereocenters. The highest BCUT2D eigenvalue weighted by Crippen LogP contribution is 2.44. The molecule has 6 nitrogen and oxygen atoms in total. The molecule has 0 radical (unpaired) electrons. The lowest BCUT2D eigenvalue weighted by Crippen LogP contribution is -2.46. The Bertz CT molecular complexity index is 1300. The van der Waals surface area contributed by atoms with Gasteiger partial charge in [0.05, 0.1) is 11.1 Å². The smallest absolute Gasteiger partial charge is 0.322 e. The normalized spacial score (nSPS) is 20.2. The fourth-order valence-electron chi connectivity index (χ4n) is 4.38. The summed E-state index contributed by atoms with van der Waals surface area (Å²) in [7, 11) is 0. The number of rotatable bonds is 3. The molecule has 2 aliphatic rings. The van der Waals surface area contributed by atoms with E-state index >= 15 is 0 Å². The van der Waals surface area contributed by atoms with Crippen LogP contribution in [0.15, 0.2) is 60.7 Å². The van der Waals surface area contributed by atoms with Crippen molar-refractivity contribution in [2.45, 2.75) is 5.92 Å². The minimum absolute atomic E-state index is 0.0165. The maximum absolute atomic E-state index is 14.2. The molecule has 34 heavy (non-hydrogen) atoms. The van der Waals surface area contributed by atoms with E-state index in [2.05, 4.69) is 0 Å². The van der Waals surface area contributed by atoms with Gasteiger partial charge in [0, 0.05) is 5.92 Å². The summed E-state index contributed by atoms with van der Waals surface area (Å²) in [4.78, 5) is 52.6. The van der Waals surface area contributed by atoms with Crippen LogP contribution in [0.5, 0.6) is 11.5 Å². The molecule has 0 bridgehead atoms. The van der Waals surface area contributed by atoms with E-state index in [1.807, 2.05) is 0 Å². The van der Waals surface area contributed by atoms with E-state index in [-0.39, 0.29) is 22.6 Å². The number of halogens is 3. The maximum atomic E-state index is 14.2. The van der Waals surface area contributed by atoms with Crippen LogP contribution >= 0.6 is 0 Å². The summed E-state index contributed by atoms with van der Waals surface area (Å²) >= 11 is 0. The summed E-state index contributed by atoms with van der Waals surface area (Å²) in [5, 5.41) is 0. The van der Waals surface area contributed by atoms with Gasteiger partial charge >= 0.3 is 11.9 Å². The SMILES string of the molecule is O=C1Oc2ccccc2C(=O)C1C(c1cc(F)c(F)c(F)c1)C1C(=O)Oc2ccccc2C1=O. The van der Waals surface area contributed by atoms with Crippen molar-refractivity contribution in [1.82, 2.24) is 0 Å². The van der Waals surface area contributed by atoms with Crippen LogP contribution in [0.25, 0.3) is 0 Å². The first-order valence-corrected chi connectivity index (χ1v) is 10.1. The molecule has 2 heterocycles. The van der Waals surface area contributed by atoms with Crippen LogP contribution in [0, 0.1) is 29.3 Å². The number of benzene rings is 3. The topological polar surface area (TPSA) is 86.7 Å². The second kappa shape index (κ2) is 7.95. The minimum atomic E-state index is -1.83. The first-order valence-electron chi connectivity index (χ1n) is 10.1. The Hall–Kier alpha value is -4.27. The number of hydrogen-bond acceptors (Lipinski definition) is 6. The van der Waals surface area contributed by atoms with Crippen LogP contribution in [-0.4, -0.2) is 23.5 Å². The first kappa shape index (κ1) is 21.6. The first-order chi connectivity index (χ1) is 16.3. The zero-order valence-corrected chi connectivity index (χ0v) is 17.1. The van der Waals surface area contributed by atoms with E-state index in [1.54, 1.807) is 0 Å². The summed E-state index contributed by atoms with van der Waals surface area (Å²) in [5.41, 5.74) is -0.477. The van der Waals surface area contributed by atoms with E-state index in [4.69, 9.17) is 9.47 Å². The van der Waals surface area contributed by atoms with Gasteiger partial charge in [-0.2, -0.15) is 0 Å². The van der Waals surface area contributed by atoms with Gasteiger partial charge in [-0.15, -0.1) is 0 Å². The molecule has 0 saturated heterocycles. The lowest BCUT2D eigenvalue weighted by molar-refractivity contribution is -0.142. The van der Waals surface area contributed by atoms with Gasteiger partial charge in [0.15, 0.2) is 29.0 Å². The van der Waals surface area contributed by atoms with E-state index in [0.29, 0.717) is 12.1 Å². The van der Waals surface area contributed by atoms with E-state index < -0.39 is 64.3 Å². The highest BCUT2D eigenvalue weighted by molar-refractivity contribution is 6.18. The van der Waals surface area contributed by atoms with Gasteiger partial charge in [-0.3, -0.25) is 19.2 Å². The number of Topliss-reactive ketones (excluding diaryl/α,β-unsaturated/α-hetero) is 2. The van der Waals surface area contributed by atoms with Crippen LogP contribution in [0.3, 0.4) is 0 Å². The van der Waals surface area contributed by atoms with Crippen LogP contribution < -0.4 is 9.47 Å². The Morgan fingerprint density at radius 2 is 1.06 bits per heavy atom. The van der Waals surface area contributed by atoms with Crippen molar-refractivity contribution in [3.8, 4) is 11.5 Å². The molecule has 0 fully saturated rings. The predicted molar refractivity (Wildman–Crippen MR) is 109 cm³/mol. The summed E-state index contributed by atoms with van der Waals surface area (Å²) in [6.07, 6.45) is 0. The molecular formula is C25H13F3O6. The zero-order valence-electron chi connectivity index (χ0n) is 17.1. The highest BCUT2D eigenvalue weighted by Gasteiger charge is 2.52. The molecule has 0 saturated carbocycles. The fraction of sp³-hybridized carbons (Fsp3) is 0.120. The number of carbonyl (C=O) groups excluding carboxylic acids is 4. The van der Waals surface area contributed by atoms with Crippen LogP contribution in [0.1, 0.15) is 32.2 Å². The number of esters is 2. The zero-order chi connectivity index (χ0) is 24.1. The van der Waals surface area contributed by atoms with Crippen molar-refractivity contribution < 1.29 is 41.8 Å². The number of ether oxygens (including phenoxy) is 2. The third-order valence-corrected chi connectivity index (χ3v) is 5.91. The van der Waals surface area contributed by atoms with Gasteiger partial charge in [-0.1, -0.05) is 24.3 Å².